The minimum Gasteiger partial charge on any atom is -0.478 e. The second kappa shape index (κ2) is 14.1. The van der Waals surface area contributed by atoms with Crippen molar-refractivity contribution in [2.45, 2.75) is 30.7 Å². The topological polar surface area (TPSA) is 95.5 Å². The van der Waals surface area contributed by atoms with Crippen LogP contribution in [0.5, 0.6) is 0 Å². The van der Waals surface area contributed by atoms with Gasteiger partial charge in [-0.2, -0.15) is 11.8 Å². The molecular formula is C33H32N2O4S. The average molecular weight is 553 g/mol. The van der Waals surface area contributed by atoms with E-state index in [4.69, 9.17) is 5.11 Å². The first-order valence-electron chi connectivity index (χ1n) is 13.0. The number of carboxylic acid groups (broad SMARTS) is 1. The third kappa shape index (κ3) is 8.07. The van der Waals surface area contributed by atoms with E-state index in [2.05, 4.69) is 10.6 Å². The number of carbonyl (C=O) groups excluding carboxylic acids is 2. The Labute approximate surface area is 238 Å². The molecule has 6 nitrogen and oxygen atoms in total. The summed E-state index contributed by atoms with van der Waals surface area (Å²) in [7, 11) is 0. The largest absolute Gasteiger partial charge is 0.478 e. The quantitative estimate of drug-likeness (QED) is 0.220. The van der Waals surface area contributed by atoms with E-state index in [1.165, 1.54) is 23.9 Å². The molecule has 0 spiro atoms. The molecule has 3 N–H and O–H groups in total. The molecule has 0 aliphatic heterocycles. The van der Waals surface area contributed by atoms with Crippen LogP contribution in [0.3, 0.4) is 0 Å². The van der Waals surface area contributed by atoms with Gasteiger partial charge in [-0.05, 0) is 52.6 Å². The summed E-state index contributed by atoms with van der Waals surface area (Å²) in [6.45, 7) is 0.362. The number of amides is 2. The molecule has 0 aromatic heterocycles. The fourth-order valence-corrected chi connectivity index (χ4v) is 5.00. The van der Waals surface area contributed by atoms with Crippen LogP contribution < -0.4 is 10.6 Å². The van der Waals surface area contributed by atoms with Crippen molar-refractivity contribution in [2.24, 2.45) is 0 Å². The maximum atomic E-state index is 13.4. The predicted octanol–water partition coefficient (Wildman–Crippen LogP) is 5.37. The monoisotopic (exact) mass is 552 g/mol. The van der Waals surface area contributed by atoms with E-state index in [1.54, 1.807) is 12.1 Å². The maximum Gasteiger partial charge on any atom is 0.335 e. The van der Waals surface area contributed by atoms with Crippen LogP contribution in [0.25, 0.3) is 11.1 Å². The van der Waals surface area contributed by atoms with Gasteiger partial charge in [-0.25, -0.2) is 4.79 Å². The molecule has 2 atom stereocenters. The van der Waals surface area contributed by atoms with Crippen molar-refractivity contribution in [1.82, 2.24) is 10.6 Å². The Morgan fingerprint density at radius 2 is 1.23 bits per heavy atom. The first-order valence-corrected chi connectivity index (χ1v) is 14.3. The van der Waals surface area contributed by atoms with Crippen LogP contribution in [0, 0.1) is 0 Å². The lowest BCUT2D eigenvalue weighted by Gasteiger charge is -2.22. The van der Waals surface area contributed by atoms with Crippen LogP contribution in [0.4, 0.5) is 0 Å². The second-order valence-electron chi connectivity index (χ2n) is 9.46. The van der Waals surface area contributed by atoms with Crippen LogP contribution in [0.15, 0.2) is 109 Å². The zero-order valence-corrected chi connectivity index (χ0v) is 23.1. The number of nitrogens with one attached hydrogen (secondary N) is 2. The van der Waals surface area contributed by atoms with Gasteiger partial charge in [-0.3, -0.25) is 9.59 Å². The average Bonchev–Trinajstić information content (AvgIpc) is 2.99. The molecule has 7 heteroatoms. The summed E-state index contributed by atoms with van der Waals surface area (Å²) >= 11 is 1.39. The van der Waals surface area contributed by atoms with Crippen LogP contribution in [0.1, 0.15) is 27.0 Å². The van der Waals surface area contributed by atoms with E-state index in [9.17, 15) is 14.4 Å². The highest BCUT2D eigenvalue weighted by molar-refractivity contribution is 7.99. The molecular weight excluding hydrogens is 520 g/mol. The number of rotatable bonds is 12. The summed E-state index contributed by atoms with van der Waals surface area (Å²) in [6, 6.07) is 33.5. The fraction of sp³-hybridized carbons (Fsp3) is 0.182. The highest BCUT2D eigenvalue weighted by atomic mass is 32.2. The molecule has 0 fully saturated rings. The van der Waals surface area contributed by atoms with Crippen LogP contribution in [-0.2, 0) is 29.0 Å². The van der Waals surface area contributed by atoms with Crippen molar-refractivity contribution in [1.29, 1.82) is 0 Å². The van der Waals surface area contributed by atoms with Crippen LogP contribution in [-0.4, -0.2) is 40.4 Å². The van der Waals surface area contributed by atoms with Gasteiger partial charge in [-0.15, -0.1) is 0 Å². The van der Waals surface area contributed by atoms with Crippen molar-refractivity contribution in [3.63, 3.8) is 0 Å². The maximum absolute atomic E-state index is 13.4. The van der Waals surface area contributed by atoms with Gasteiger partial charge in [0.05, 0.1) is 10.8 Å². The third-order valence-electron chi connectivity index (χ3n) is 6.64. The SMILES string of the molecule is CSC(Cc1ccc(C(=O)O)cc1)C(=O)NC(Cc1ccc(-c2ccccc2)cc1)C(=O)NCc1ccccc1. The van der Waals surface area contributed by atoms with Crippen molar-refractivity contribution < 1.29 is 19.5 Å². The summed E-state index contributed by atoms with van der Waals surface area (Å²) in [5, 5.41) is 14.7. The number of carbonyl (C=O) groups is 3. The van der Waals surface area contributed by atoms with Crippen molar-refractivity contribution in [2.75, 3.05) is 6.26 Å². The molecule has 0 saturated heterocycles. The van der Waals surface area contributed by atoms with Gasteiger partial charge in [-0.1, -0.05) is 97.1 Å². The fourth-order valence-electron chi connectivity index (χ4n) is 4.36. The minimum atomic E-state index is -0.994. The van der Waals surface area contributed by atoms with Crippen molar-refractivity contribution in [3.05, 3.63) is 131 Å². The van der Waals surface area contributed by atoms with Crippen LogP contribution >= 0.6 is 11.8 Å². The molecule has 4 rings (SSSR count). The number of aromatic carboxylic acids is 1. The summed E-state index contributed by atoms with van der Waals surface area (Å²) in [5.74, 6) is -1.49. The van der Waals surface area contributed by atoms with Gasteiger partial charge in [0.15, 0.2) is 0 Å². The second-order valence-corrected chi connectivity index (χ2v) is 10.5. The van der Waals surface area contributed by atoms with Crippen LogP contribution in [0.2, 0.25) is 0 Å². The minimum absolute atomic E-state index is 0.197. The predicted molar refractivity (Wildman–Crippen MR) is 160 cm³/mol. The first-order chi connectivity index (χ1) is 19.4. The molecule has 4 aromatic rings. The Hall–Kier alpha value is -4.36. The van der Waals surface area contributed by atoms with Gasteiger partial charge in [0.25, 0.3) is 0 Å². The summed E-state index contributed by atoms with van der Waals surface area (Å²) in [5.41, 5.74) is 5.14. The molecule has 4 aromatic carbocycles. The Balaban J connectivity index is 1.47. The highest BCUT2D eigenvalue weighted by Crippen LogP contribution is 2.20. The summed E-state index contributed by atoms with van der Waals surface area (Å²) in [4.78, 5) is 37.9. The smallest absolute Gasteiger partial charge is 0.335 e. The zero-order valence-electron chi connectivity index (χ0n) is 22.2. The lowest BCUT2D eigenvalue weighted by Crippen LogP contribution is -2.50. The number of hydrogen-bond acceptors (Lipinski definition) is 4. The van der Waals surface area contributed by atoms with E-state index in [-0.39, 0.29) is 17.4 Å². The lowest BCUT2D eigenvalue weighted by atomic mass is 10.00. The van der Waals surface area contributed by atoms with Gasteiger partial charge < -0.3 is 15.7 Å². The van der Waals surface area contributed by atoms with Gasteiger partial charge in [0, 0.05) is 13.0 Å². The zero-order chi connectivity index (χ0) is 28.3. The molecule has 0 heterocycles. The molecule has 2 unspecified atom stereocenters. The van der Waals surface area contributed by atoms with E-state index in [0.717, 1.165) is 27.8 Å². The molecule has 0 radical (unpaired) electrons. The number of benzene rings is 4. The van der Waals surface area contributed by atoms with Crippen molar-refractivity contribution >= 4 is 29.5 Å². The number of carboxylic acids is 1. The van der Waals surface area contributed by atoms with Gasteiger partial charge >= 0.3 is 5.97 Å². The molecule has 0 saturated carbocycles. The molecule has 204 valence electrons. The van der Waals surface area contributed by atoms with E-state index >= 15 is 0 Å². The molecule has 40 heavy (non-hydrogen) atoms. The van der Waals surface area contributed by atoms with E-state index < -0.39 is 17.3 Å². The Morgan fingerprint density at radius 1 is 0.675 bits per heavy atom. The highest BCUT2D eigenvalue weighted by Gasteiger charge is 2.26. The van der Waals surface area contributed by atoms with E-state index in [1.807, 2.05) is 91.2 Å². The third-order valence-corrected chi connectivity index (χ3v) is 7.59. The standard InChI is InChI=1S/C33H32N2O4S/c1-40-30(21-24-14-18-28(19-15-24)33(38)39)32(37)35-29(31(36)34-22-25-8-4-2-5-9-25)20-23-12-16-27(17-13-23)26-10-6-3-7-11-26/h2-19,29-30H,20-22H2,1H3,(H,34,36)(H,35,37)(H,38,39). The summed E-state index contributed by atoms with van der Waals surface area (Å²) < 4.78 is 0. The Bertz CT molecular complexity index is 1410. The van der Waals surface area contributed by atoms with Gasteiger partial charge in [0.2, 0.25) is 11.8 Å². The molecule has 0 aliphatic rings. The molecule has 2 amide bonds. The number of thioether (sulfide) groups is 1. The first kappa shape index (κ1) is 28.6. The lowest BCUT2D eigenvalue weighted by molar-refractivity contribution is -0.128. The molecule has 0 aliphatic carbocycles. The molecule has 0 bridgehead atoms. The van der Waals surface area contributed by atoms with Gasteiger partial charge in [0.1, 0.15) is 6.04 Å². The van der Waals surface area contributed by atoms with Crippen molar-refractivity contribution in [3.8, 4) is 11.1 Å². The normalized spacial score (nSPS) is 12.2. The Kier molecular flexibility index (Phi) is 10.1. The Morgan fingerprint density at radius 3 is 1.82 bits per heavy atom. The number of hydrogen-bond donors (Lipinski definition) is 3. The van der Waals surface area contributed by atoms with E-state index in [0.29, 0.717) is 19.4 Å². The summed E-state index contributed by atoms with van der Waals surface area (Å²) in [6.07, 6.45) is 2.61.